The Balaban J connectivity index is 2.40. The summed E-state index contributed by atoms with van der Waals surface area (Å²) in [5.41, 5.74) is -0.0805. The van der Waals surface area contributed by atoms with E-state index in [-0.39, 0.29) is 22.1 Å². The number of benzene rings is 1. The second-order valence-electron chi connectivity index (χ2n) is 4.92. The largest absolute Gasteiger partial charge is 0.377 e. The molecular weight excluding hydrogens is 320 g/mol. The van der Waals surface area contributed by atoms with E-state index in [9.17, 15) is 18.5 Å². The molecule has 0 bridgehead atoms. The summed E-state index contributed by atoms with van der Waals surface area (Å²) in [5.74, 6) is 0. The molecule has 7 nitrogen and oxygen atoms in total. The van der Waals surface area contributed by atoms with Crippen LogP contribution in [0.5, 0.6) is 0 Å². The Morgan fingerprint density at radius 2 is 2.14 bits per heavy atom. The number of nitro groups is 1. The molecule has 0 aliphatic carbocycles. The normalized spacial score (nSPS) is 22.4. The molecule has 1 N–H and O–H groups in total. The number of ether oxygens (including phenoxy) is 1. The van der Waals surface area contributed by atoms with E-state index in [4.69, 9.17) is 16.3 Å². The van der Waals surface area contributed by atoms with Gasteiger partial charge in [-0.1, -0.05) is 11.6 Å². The maximum absolute atomic E-state index is 12.4. The number of sulfonamides is 1. The number of halogens is 1. The van der Waals surface area contributed by atoms with Crippen LogP contribution in [-0.2, 0) is 14.8 Å². The lowest BCUT2D eigenvalue weighted by molar-refractivity contribution is -0.384. The molecule has 116 valence electrons. The Hall–Kier alpha value is -1.22. The first-order chi connectivity index (χ1) is 9.72. The average molecular weight is 335 g/mol. The van der Waals surface area contributed by atoms with Gasteiger partial charge in [0.15, 0.2) is 0 Å². The fourth-order valence-corrected chi connectivity index (χ4v) is 4.09. The molecule has 0 saturated carbocycles. The highest BCUT2D eigenvalue weighted by Gasteiger charge is 2.31. The van der Waals surface area contributed by atoms with Crippen molar-refractivity contribution in [2.75, 3.05) is 6.61 Å². The van der Waals surface area contributed by atoms with Gasteiger partial charge in [0.05, 0.1) is 22.0 Å². The van der Waals surface area contributed by atoms with Gasteiger partial charge in [-0.2, -0.15) is 0 Å². The third-order valence-electron chi connectivity index (χ3n) is 3.41. The molecule has 0 aromatic heterocycles. The third-order valence-corrected chi connectivity index (χ3v) is 5.35. The summed E-state index contributed by atoms with van der Waals surface area (Å²) in [5, 5.41) is 10.8. The molecule has 1 fully saturated rings. The summed E-state index contributed by atoms with van der Waals surface area (Å²) in [6.07, 6.45) is 0.331. The van der Waals surface area contributed by atoms with Crippen LogP contribution in [0.3, 0.4) is 0 Å². The number of nitrogens with zero attached hydrogens (tertiary/aromatic N) is 1. The number of nitrogens with one attached hydrogen (secondary N) is 1. The van der Waals surface area contributed by atoms with Crippen molar-refractivity contribution >= 4 is 27.3 Å². The van der Waals surface area contributed by atoms with Gasteiger partial charge in [-0.05, 0) is 31.9 Å². The van der Waals surface area contributed by atoms with Crippen molar-refractivity contribution in [3.05, 3.63) is 32.8 Å². The smallest absolute Gasteiger partial charge is 0.289 e. The third kappa shape index (κ3) is 3.34. The molecule has 1 aliphatic heterocycles. The number of rotatable bonds is 4. The summed E-state index contributed by atoms with van der Waals surface area (Å²) in [6.45, 7) is 3.80. The van der Waals surface area contributed by atoms with Crippen molar-refractivity contribution in [2.45, 2.75) is 37.3 Å². The monoisotopic (exact) mass is 334 g/mol. The van der Waals surface area contributed by atoms with Crippen LogP contribution < -0.4 is 4.72 Å². The predicted molar refractivity (Wildman–Crippen MR) is 77.0 cm³/mol. The lowest BCUT2D eigenvalue weighted by Gasteiger charge is -2.17. The molecule has 21 heavy (non-hydrogen) atoms. The van der Waals surface area contributed by atoms with Crippen molar-refractivity contribution in [3.8, 4) is 0 Å². The zero-order chi connectivity index (χ0) is 15.8. The average Bonchev–Trinajstić information content (AvgIpc) is 2.73. The molecule has 0 spiro atoms. The molecule has 2 rings (SSSR count). The Kier molecular flexibility index (Phi) is 4.52. The Bertz CT molecular complexity index is 676. The van der Waals surface area contributed by atoms with Crippen LogP contribution in [0.15, 0.2) is 17.0 Å². The number of hydrogen-bond acceptors (Lipinski definition) is 5. The van der Waals surface area contributed by atoms with Gasteiger partial charge in [0.2, 0.25) is 10.0 Å². The highest BCUT2D eigenvalue weighted by atomic mass is 35.5. The van der Waals surface area contributed by atoms with Crippen molar-refractivity contribution in [1.29, 1.82) is 0 Å². The Labute approximate surface area is 127 Å². The highest BCUT2D eigenvalue weighted by Crippen LogP contribution is 2.30. The van der Waals surface area contributed by atoms with E-state index >= 15 is 0 Å². The number of nitro benzene ring substituents is 1. The van der Waals surface area contributed by atoms with Gasteiger partial charge in [-0.3, -0.25) is 10.1 Å². The fraction of sp³-hybridized carbons (Fsp3) is 0.500. The fourth-order valence-electron chi connectivity index (χ4n) is 2.22. The summed E-state index contributed by atoms with van der Waals surface area (Å²) < 4.78 is 32.6. The van der Waals surface area contributed by atoms with E-state index in [0.717, 1.165) is 6.07 Å². The maximum atomic E-state index is 12.4. The summed E-state index contributed by atoms with van der Waals surface area (Å²) in [7, 11) is -3.87. The standard InChI is InChI=1S/C12H15ClN2O5S/c1-7-5-9(13)11(15(16)17)6-12(7)21(18,19)14-10-3-4-20-8(10)2/h5-6,8,10,14H,3-4H2,1-2H3. The summed E-state index contributed by atoms with van der Waals surface area (Å²) in [6, 6.07) is 1.92. The topological polar surface area (TPSA) is 98.5 Å². The quantitative estimate of drug-likeness (QED) is 0.670. The lowest BCUT2D eigenvalue weighted by atomic mass is 10.2. The van der Waals surface area contributed by atoms with Crippen LogP contribution in [0.1, 0.15) is 18.9 Å². The van der Waals surface area contributed by atoms with Crippen molar-refractivity contribution < 1.29 is 18.1 Å². The molecule has 2 unspecified atom stereocenters. The molecule has 1 saturated heterocycles. The van der Waals surface area contributed by atoms with Gasteiger partial charge >= 0.3 is 0 Å². The zero-order valence-electron chi connectivity index (χ0n) is 11.5. The molecule has 1 aliphatic rings. The molecule has 9 heteroatoms. The second kappa shape index (κ2) is 5.88. The minimum atomic E-state index is -3.87. The van der Waals surface area contributed by atoms with Gasteiger partial charge in [0.25, 0.3) is 5.69 Å². The SMILES string of the molecule is Cc1cc(Cl)c([N+](=O)[O-])cc1S(=O)(=O)NC1CCOC1C. The Morgan fingerprint density at radius 1 is 1.48 bits per heavy atom. The first-order valence-electron chi connectivity index (χ1n) is 6.31. The summed E-state index contributed by atoms with van der Waals surface area (Å²) in [4.78, 5) is 10.0. The van der Waals surface area contributed by atoms with E-state index in [2.05, 4.69) is 4.72 Å². The predicted octanol–water partition coefficient (Wildman–Crippen LogP) is 2.01. The zero-order valence-corrected chi connectivity index (χ0v) is 13.1. The van der Waals surface area contributed by atoms with Crippen molar-refractivity contribution in [3.63, 3.8) is 0 Å². The van der Waals surface area contributed by atoms with Crippen LogP contribution in [0.4, 0.5) is 5.69 Å². The second-order valence-corrected chi connectivity index (χ2v) is 7.01. The van der Waals surface area contributed by atoms with Crippen LogP contribution in [0, 0.1) is 17.0 Å². The van der Waals surface area contributed by atoms with Gasteiger partial charge in [-0.15, -0.1) is 0 Å². The molecule has 0 radical (unpaired) electrons. The highest BCUT2D eigenvalue weighted by molar-refractivity contribution is 7.89. The van der Waals surface area contributed by atoms with Crippen LogP contribution in [0.25, 0.3) is 0 Å². The van der Waals surface area contributed by atoms with E-state index in [1.807, 2.05) is 0 Å². The lowest BCUT2D eigenvalue weighted by Crippen LogP contribution is -2.39. The first kappa shape index (κ1) is 16.2. The van der Waals surface area contributed by atoms with Crippen LogP contribution in [0.2, 0.25) is 5.02 Å². The van der Waals surface area contributed by atoms with Crippen LogP contribution >= 0.6 is 11.6 Å². The van der Waals surface area contributed by atoms with Gasteiger partial charge in [-0.25, -0.2) is 13.1 Å². The molecule has 1 aromatic rings. The van der Waals surface area contributed by atoms with Crippen LogP contribution in [-0.4, -0.2) is 32.1 Å². The maximum Gasteiger partial charge on any atom is 0.289 e. The molecule has 1 aromatic carbocycles. The van der Waals surface area contributed by atoms with Gasteiger partial charge in [0.1, 0.15) is 5.02 Å². The van der Waals surface area contributed by atoms with Gasteiger partial charge in [0, 0.05) is 12.7 Å². The first-order valence-corrected chi connectivity index (χ1v) is 8.17. The molecule has 1 heterocycles. The number of hydrogen-bond donors (Lipinski definition) is 1. The molecule has 0 amide bonds. The Morgan fingerprint density at radius 3 is 2.67 bits per heavy atom. The minimum absolute atomic E-state index is 0.0889. The van der Waals surface area contributed by atoms with Gasteiger partial charge < -0.3 is 4.74 Å². The number of aryl methyl sites for hydroxylation is 1. The van der Waals surface area contributed by atoms with Crippen molar-refractivity contribution in [2.24, 2.45) is 0 Å². The van der Waals surface area contributed by atoms with Crippen molar-refractivity contribution in [1.82, 2.24) is 4.72 Å². The van der Waals surface area contributed by atoms with E-state index in [1.54, 1.807) is 13.8 Å². The van der Waals surface area contributed by atoms with E-state index in [1.165, 1.54) is 6.07 Å². The molecule has 2 atom stereocenters. The van der Waals surface area contributed by atoms with E-state index in [0.29, 0.717) is 18.6 Å². The molecular formula is C12H15ClN2O5S. The minimum Gasteiger partial charge on any atom is -0.377 e. The van der Waals surface area contributed by atoms with E-state index < -0.39 is 20.6 Å². The summed E-state index contributed by atoms with van der Waals surface area (Å²) >= 11 is 5.76.